The van der Waals surface area contributed by atoms with Crippen LogP contribution in [0.2, 0.25) is 0 Å². The van der Waals surface area contributed by atoms with E-state index in [0.717, 1.165) is 18.7 Å². The quantitative estimate of drug-likeness (QED) is 0.824. The SMILES string of the molecule is CCNC(C)CC(C)(C)c1cncc(OC)c1. The maximum atomic E-state index is 5.22. The van der Waals surface area contributed by atoms with Crippen molar-refractivity contribution in [1.82, 2.24) is 10.3 Å². The molecule has 3 heteroatoms. The summed E-state index contributed by atoms with van der Waals surface area (Å²) in [5, 5.41) is 3.45. The Labute approximate surface area is 105 Å². The van der Waals surface area contributed by atoms with Crippen molar-refractivity contribution in [1.29, 1.82) is 0 Å². The molecule has 0 aliphatic carbocycles. The van der Waals surface area contributed by atoms with Crippen LogP contribution in [-0.4, -0.2) is 24.7 Å². The summed E-state index contributed by atoms with van der Waals surface area (Å²) in [5.74, 6) is 0.826. The number of methoxy groups -OCH3 is 1. The Bertz CT molecular complexity index is 350. The van der Waals surface area contributed by atoms with Gasteiger partial charge in [-0.05, 0) is 36.9 Å². The molecule has 3 nitrogen and oxygen atoms in total. The third kappa shape index (κ3) is 4.00. The molecule has 96 valence electrons. The van der Waals surface area contributed by atoms with E-state index in [9.17, 15) is 0 Å². The highest BCUT2D eigenvalue weighted by Gasteiger charge is 2.23. The second-order valence-electron chi connectivity index (χ2n) is 5.16. The molecule has 0 saturated carbocycles. The van der Waals surface area contributed by atoms with E-state index in [-0.39, 0.29) is 5.41 Å². The zero-order chi connectivity index (χ0) is 12.9. The molecule has 1 heterocycles. The Kier molecular flexibility index (Phi) is 4.94. The van der Waals surface area contributed by atoms with Crippen molar-refractivity contribution in [2.45, 2.75) is 45.6 Å². The summed E-state index contributed by atoms with van der Waals surface area (Å²) in [6.07, 6.45) is 4.75. The molecule has 0 radical (unpaired) electrons. The lowest BCUT2D eigenvalue weighted by molar-refractivity contribution is 0.385. The fourth-order valence-electron chi connectivity index (χ4n) is 2.20. The van der Waals surface area contributed by atoms with E-state index in [1.807, 2.05) is 6.20 Å². The molecule has 0 aliphatic heterocycles. The first-order chi connectivity index (χ1) is 7.99. The zero-order valence-corrected chi connectivity index (χ0v) is 11.6. The minimum Gasteiger partial charge on any atom is -0.495 e. The molecule has 1 rings (SSSR count). The van der Waals surface area contributed by atoms with E-state index in [4.69, 9.17) is 4.74 Å². The van der Waals surface area contributed by atoms with Gasteiger partial charge in [-0.1, -0.05) is 20.8 Å². The molecule has 0 saturated heterocycles. The van der Waals surface area contributed by atoms with Crippen LogP contribution in [0.1, 0.15) is 39.7 Å². The van der Waals surface area contributed by atoms with Crippen molar-refractivity contribution in [3.63, 3.8) is 0 Å². The van der Waals surface area contributed by atoms with E-state index in [0.29, 0.717) is 6.04 Å². The van der Waals surface area contributed by atoms with Crippen LogP contribution in [0.15, 0.2) is 18.5 Å². The van der Waals surface area contributed by atoms with Gasteiger partial charge in [0.25, 0.3) is 0 Å². The van der Waals surface area contributed by atoms with E-state index in [1.165, 1.54) is 5.56 Å². The standard InChI is InChI=1S/C14H24N2O/c1-6-16-11(2)8-14(3,4)12-7-13(17-5)10-15-9-12/h7,9-11,16H,6,8H2,1-5H3. The lowest BCUT2D eigenvalue weighted by Crippen LogP contribution is -2.33. The van der Waals surface area contributed by atoms with Crippen LogP contribution >= 0.6 is 0 Å². The molecule has 1 atom stereocenters. The number of nitrogens with zero attached hydrogens (tertiary/aromatic N) is 1. The van der Waals surface area contributed by atoms with Gasteiger partial charge in [-0.2, -0.15) is 0 Å². The predicted octanol–water partition coefficient (Wildman–Crippen LogP) is 2.76. The molecule has 0 aliphatic rings. The van der Waals surface area contributed by atoms with Gasteiger partial charge in [0.1, 0.15) is 5.75 Å². The Morgan fingerprint density at radius 2 is 2.12 bits per heavy atom. The molecule has 1 N–H and O–H groups in total. The van der Waals surface area contributed by atoms with Crippen LogP contribution in [0.5, 0.6) is 5.75 Å². The van der Waals surface area contributed by atoms with Crippen molar-refractivity contribution in [2.75, 3.05) is 13.7 Å². The van der Waals surface area contributed by atoms with Gasteiger partial charge in [0.15, 0.2) is 0 Å². The van der Waals surface area contributed by atoms with Crippen molar-refractivity contribution in [2.24, 2.45) is 0 Å². The van der Waals surface area contributed by atoms with E-state index in [2.05, 4.69) is 44.1 Å². The molecule has 0 fully saturated rings. The second kappa shape index (κ2) is 6.01. The molecular formula is C14H24N2O. The highest BCUT2D eigenvalue weighted by Crippen LogP contribution is 2.29. The van der Waals surface area contributed by atoms with E-state index < -0.39 is 0 Å². The average Bonchev–Trinajstić information content (AvgIpc) is 2.28. The minimum absolute atomic E-state index is 0.100. The number of nitrogens with one attached hydrogen (secondary N) is 1. The maximum Gasteiger partial charge on any atom is 0.137 e. The first-order valence-electron chi connectivity index (χ1n) is 6.22. The number of pyridine rings is 1. The number of rotatable bonds is 6. The van der Waals surface area contributed by atoms with Crippen LogP contribution in [0, 0.1) is 0 Å². The van der Waals surface area contributed by atoms with Crippen LogP contribution in [0.4, 0.5) is 0 Å². The number of aromatic nitrogens is 1. The molecule has 1 aromatic rings. The monoisotopic (exact) mass is 236 g/mol. The van der Waals surface area contributed by atoms with E-state index >= 15 is 0 Å². The Balaban J connectivity index is 2.80. The van der Waals surface area contributed by atoms with Crippen molar-refractivity contribution < 1.29 is 4.74 Å². The molecule has 0 amide bonds. The highest BCUT2D eigenvalue weighted by atomic mass is 16.5. The fraction of sp³-hybridized carbons (Fsp3) is 0.643. The summed E-state index contributed by atoms with van der Waals surface area (Å²) >= 11 is 0. The number of ether oxygens (including phenoxy) is 1. The molecule has 0 spiro atoms. The summed E-state index contributed by atoms with van der Waals surface area (Å²) < 4.78 is 5.22. The first kappa shape index (κ1) is 14.0. The smallest absolute Gasteiger partial charge is 0.137 e. The van der Waals surface area contributed by atoms with Gasteiger partial charge in [-0.3, -0.25) is 4.98 Å². The maximum absolute atomic E-state index is 5.22. The highest BCUT2D eigenvalue weighted by molar-refractivity contribution is 5.29. The number of hydrogen-bond acceptors (Lipinski definition) is 3. The van der Waals surface area contributed by atoms with Crippen LogP contribution < -0.4 is 10.1 Å². The summed E-state index contributed by atoms with van der Waals surface area (Å²) in [4.78, 5) is 4.23. The van der Waals surface area contributed by atoms with Crippen LogP contribution in [-0.2, 0) is 5.41 Å². The van der Waals surface area contributed by atoms with Crippen molar-refractivity contribution in [3.8, 4) is 5.75 Å². The predicted molar refractivity (Wildman–Crippen MR) is 71.6 cm³/mol. The normalized spacial score (nSPS) is 13.5. The largest absolute Gasteiger partial charge is 0.495 e. The van der Waals surface area contributed by atoms with Gasteiger partial charge in [0.2, 0.25) is 0 Å². The topological polar surface area (TPSA) is 34.2 Å². The van der Waals surface area contributed by atoms with Gasteiger partial charge in [-0.15, -0.1) is 0 Å². The number of hydrogen-bond donors (Lipinski definition) is 1. The lowest BCUT2D eigenvalue weighted by Gasteiger charge is -2.29. The van der Waals surface area contributed by atoms with E-state index in [1.54, 1.807) is 13.3 Å². The van der Waals surface area contributed by atoms with Gasteiger partial charge in [0, 0.05) is 12.2 Å². The molecular weight excluding hydrogens is 212 g/mol. The third-order valence-corrected chi connectivity index (χ3v) is 3.10. The Morgan fingerprint density at radius 3 is 2.71 bits per heavy atom. The minimum atomic E-state index is 0.100. The van der Waals surface area contributed by atoms with Gasteiger partial charge in [0.05, 0.1) is 13.3 Å². The van der Waals surface area contributed by atoms with Crippen molar-refractivity contribution >= 4 is 0 Å². The van der Waals surface area contributed by atoms with Crippen LogP contribution in [0.3, 0.4) is 0 Å². The molecule has 0 bridgehead atoms. The lowest BCUT2D eigenvalue weighted by atomic mass is 9.80. The Hall–Kier alpha value is -1.09. The summed E-state index contributed by atoms with van der Waals surface area (Å²) in [6, 6.07) is 2.58. The van der Waals surface area contributed by atoms with Gasteiger partial charge < -0.3 is 10.1 Å². The molecule has 17 heavy (non-hydrogen) atoms. The zero-order valence-electron chi connectivity index (χ0n) is 11.6. The summed E-state index contributed by atoms with van der Waals surface area (Å²) in [6.45, 7) is 9.86. The average molecular weight is 236 g/mol. The van der Waals surface area contributed by atoms with Crippen LogP contribution in [0.25, 0.3) is 0 Å². The summed E-state index contributed by atoms with van der Waals surface area (Å²) in [5.41, 5.74) is 1.32. The molecule has 1 unspecified atom stereocenters. The molecule has 0 aromatic carbocycles. The summed E-state index contributed by atoms with van der Waals surface area (Å²) in [7, 11) is 1.68. The second-order valence-corrected chi connectivity index (χ2v) is 5.16. The third-order valence-electron chi connectivity index (χ3n) is 3.10. The molecule has 1 aromatic heterocycles. The fourth-order valence-corrected chi connectivity index (χ4v) is 2.20. The first-order valence-corrected chi connectivity index (χ1v) is 6.22. The van der Waals surface area contributed by atoms with Gasteiger partial charge in [-0.25, -0.2) is 0 Å². The van der Waals surface area contributed by atoms with Crippen molar-refractivity contribution in [3.05, 3.63) is 24.0 Å². The van der Waals surface area contributed by atoms with Gasteiger partial charge >= 0.3 is 0 Å². The Morgan fingerprint density at radius 1 is 1.41 bits per heavy atom.